The number of amides is 2. The first-order chi connectivity index (χ1) is 13.8. The van der Waals surface area contributed by atoms with E-state index in [9.17, 15) is 18.4 Å². The lowest BCUT2D eigenvalue weighted by Crippen LogP contribution is -2.38. The number of halogens is 3. The maximum absolute atomic E-state index is 12.8. The maximum Gasteiger partial charge on any atom is 0.387 e. The van der Waals surface area contributed by atoms with Gasteiger partial charge in [0.1, 0.15) is 11.5 Å². The molecule has 156 valence electrons. The minimum Gasteiger partial charge on any atom is -0.495 e. The predicted molar refractivity (Wildman–Crippen MR) is 106 cm³/mol. The van der Waals surface area contributed by atoms with Crippen molar-refractivity contribution in [3.63, 3.8) is 0 Å². The van der Waals surface area contributed by atoms with E-state index in [0.717, 1.165) is 0 Å². The molecular weight excluding hydrogens is 408 g/mol. The molecule has 7 nitrogen and oxygen atoms in total. The summed E-state index contributed by atoms with van der Waals surface area (Å²) in [5, 5.41) is 2.84. The van der Waals surface area contributed by atoms with Crippen LogP contribution in [0.1, 0.15) is 6.42 Å². The van der Waals surface area contributed by atoms with Crippen LogP contribution in [-0.2, 0) is 9.59 Å². The van der Waals surface area contributed by atoms with Gasteiger partial charge >= 0.3 is 6.61 Å². The van der Waals surface area contributed by atoms with Crippen LogP contribution in [0.25, 0.3) is 0 Å². The number of carbonyl (C=O) groups excluding carboxylic acids is 2. The van der Waals surface area contributed by atoms with Gasteiger partial charge in [0, 0.05) is 18.7 Å². The lowest BCUT2D eigenvalue weighted by Gasteiger charge is -2.24. The number of rotatable bonds is 10. The number of carbonyl (C=O) groups is 2. The standard InChI is InChI=1S/C19H20ClF2N3O4/c1-28-16-5-3-2-4-14(16)25(9-8-17(23)26)18(27)11-24-12-6-7-15(13(20)10-12)29-19(21)22/h2-7,10,19,24H,8-9,11H2,1H3,(H2,23,26). The highest BCUT2D eigenvalue weighted by Gasteiger charge is 2.20. The summed E-state index contributed by atoms with van der Waals surface area (Å²) in [6.45, 7) is -3.08. The minimum absolute atomic E-state index is 0.0296. The molecule has 0 atom stereocenters. The molecule has 10 heteroatoms. The van der Waals surface area contributed by atoms with Crippen LogP contribution in [0.2, 0.25) is 5.02 Å². The number of anilines is 2. The monoisotopic (exact) mass is 427 g/mol. The van der Waals surface area contributed by atoms with Crippen molar-refractivity contribution in [2.75, 3.05) is 30.4 Å². The largest absolute Gasteiger partial charge is 0.495 e. The third-order valence-electron chi connectivity index (χ3n) is 3.85. The zero-order chi connectivity index (χ0) is 21.4. The molecule has 0 aromatic heterocycles. The fourth-order valence-electron chi connectivity index (χ4n) is 2.53. The van der Waals surface area contributed by atoms with Gasteiger partial charge in [-0.3, -0.25) is 9.59 Å². The molecule has 0 bridgehead atoms. The summed E-state index contributed by atoms with van der Waals surface area (Å²) in [7, 11) is 1.47. The van der Waals surface area contributed by atoms with E-state index < -0.39 is 12.5 Å². The molecule has 2 rings (SSSR count). The molecule has 0 unspecified atom stereocenters. The van der Waals surface area contributed by atoms with Gasteiger partial charge in [-0.05, 0) is 30.3 Å². The van der Waals surface area contributed by atoms with Gasteiger partial charge in [0.05, 0.1) is 24.4 Å². The number of hydrogen-bond donors (Lipinski definition) is 2. The molecule has 0 heterocycles. The summed E-state index contributed by atoms with van der Waals surface area (Å²) in [6, 6.07) is 10.9. The number of methoxy groups -OCH3 is 1. The highest BCUT2D eigenvalue weighted by Crippen LogP contribution is 2.30. The first-order valence-corrected chi connectivity index (χ1v) is 8.89. The molecule has 0 fully saturated rings. The topological polar surface area (TPSA) is 93.9 Å². The Hall–Kier alpha value is -3.07. The van der Waals surface area contributed by atoms with Crippen LogP contribution in [0.15, 0.2) is 42.5 Å². The molecule has 2 aromatic carbocycles. The van der Waals surface area contributed by atoms with Crippen molar-refractivity contribution in [1.82, 2.24) is 0 Å². The van der Waals surface area contributed by atoms with Gasteiger partial charge in [0.25, 0.3) is 0 Å². The number of benzene rings is 2. The second-order valence-electron chi connectivity index (χ2n) is 5.81. The van der Waals surface area contributed by atoms with Gasteiger partial charge in [0.2, 0.25) is 11.8 Å². The molecule has 0 spiro atoms. The van der Waals surface area contributed by atoms with Crippen LogP contribution in [0.5, 0.6) is 11.5 Å². The number of primary amides is 1. The Morgan fingerprint density at radius 3 is 2.55 bits per heavy atom. The predicted octanol–water partition coefficient (Wildman–Crippen LogP) is 3.27. The number of alkyl halides is 2. The zero-order valence-electron chi connectivity index (χ0n) is 15.5. The van der Waals surface area contributed by atoms with E-state index in [1.54, 1.807) is 24.3 Å². The normalized spacial score (nSPS) is 10.5. The Kier molecular flexibility index (Phi) is 8.02. The molecule has 0 saturated carbocycles. The van der Waals surface area contributed by atoms with Crippen molar-refractivity contribution in [2.45, 2.75) is 13.0 Å². The molecule has 2 amide bonds. The Balaban J connectivity index is 2.13. The first kappa shape index (κ1) is 22.2. The molecule has 0 saturated heterocycles. The highest BCUT2D eigenvalue weighted by molar-refractivity contribution is 6.32. The number of nitrogens with two attached hydrogens (primary N) is 1. The summed E-state index contributed by atoms with van der Waals surface area (Å²) in [5.74, 6) is -0.621. The summed E-state index contributed by atoms with van der Waals surface area (Å²) < 4.78 is 34.2. The fraction of sp³-hybridized carbons (Fsp3) is 0.263. The van der Waals surface area contributed by atoms with Crippen molar-refractivity contribution in [1.29, 1.82) is 0 Å². The summed E-state index contributed by atoms with van der Waals surface area (Å²) >= 11 is 5.91. The zero-order valence-corrected chi connectivity index (χ0v) is 16.3. The lowest BCUT2D eigenvalue weighted by molar-refractivity contribution is -0.118. The Labute approximate surface area is 171 Å². The van der Waals surface area contributed by atoms with E-state index in [4.69, 9.17) is 22.1 Å². The minimum atomic E-state index is -2.99. The number of ether oxygens (including phenoxy) is 2. The molecule has 0 radical (unpaired) electrons. The molecule has 0 aliphatic rings. The smallest absolute Gasteiger partial charge is 0.387 e. The Bertz CT molecular complexity index is 867. The van der Waals surface area contributed by atoms with E-state index in [-0.39, 0.29) is 36.2 Å². The molecule has 0 aliphatic carbocycles. The molecule has 3 N–H and O–H groups in total. The van der Waals surface area contributed by atoms with Crippen LogP contribution in [0, 0.1) is 0 Å². The van der Waals surface area contributed by atoms with E-state index in [0.29, 0.717) is 17.1 Å². The van der Waals surface area contributed by atoms with E-state index in [1.807, 2.05) is 0 Å². The van der Waals surface area contributed by atoms with Crippen molar-refractivity contribution in [3.8, 4) is 11.5 Å². The van der Waals surface area contributed by atoms with Crippen LogP contribution in [0.4, 0.5) is 20.2 Å². The van der Waals surface area contributed by atoms with Crippen LogP contribution in [0.3, 0.4) is 0 Å². The van der Waals surface area contributed by atoms with Crippen LogP contribution >= 0.6 is 11.6 Å². The van der Waals surface area contributed by atoms with Crippen LogP contribution < -0.4 is 25.4 Å². The fourth-order valence-corrected chi connectivity index (χ4v) is 2.75. The van der Waals surface area contributed by atoms with Gasteiger partial charge in [-0.25, -0.2) is 0 Å². The quantitative estimate of drug-likeness (QED) is 0.607. The Morgan fingerprint density at radius 2 is 1.93 bits per heavy atom. The average Bonchev–Trinajstić information content (AvgIpc) is 2.68. The maximum atomic E-state index is 12.8. The van der Waals surface area contributed by atoms with Gasteiger partial charge in [-0.15, -0.1) is 0 Å². The van der Waals surface area contributed by atoms with E-state index in [2.05, 4.69) is 10.1 Å². The lowest BCUT2D eigenvalue weighted by atomic mass is 10.2. The molecule has 0 aliphatic heterocycles. The van der Waals surface area contributed by atoms with Crippen LogP contribution in [-0.4, -0.2) is 38.6 Å². The number of nitrogens with one attached hydrogen (secondary N) is 1. The second kappa shape index (κ2) is 10.5. The second-order valence-corrected chi connectivity index (χ2v) is 6.22. The Morgan fingerprint density at radius 1 is 1.21 bits per heavy atom. The van der Waals surface area contributed by atoms with E-state index >= 15 is 0 Å². The third-order valence-corrected chi connectivity index (χ3v) is 4.15. The van der Waals surface area contributed by atoms with Crippen molar-refractivity contribution >= 4 is 34.8 Å². The summed E-state index contributed by atoms with van der Waals surface area (Å²) in [4.78, 5) is 25.4. The van der Waals surface area contributed by atoms with Gasteiger partial charge in [0.15, 0.2) is 0 Å². The van der Waals surface area contributed by atoms with E-state index in [1.165, 1.54) is 30.2 Å². The summed E-state index contributed by atoms with van der Waals surface area (Å²) in [5.41, 5.74) is 6.13. The highest BCUT2D eigenvalue weighted by atomic mass is 35.5. The van der Waals surface area contributed by atoms with Crippen molar-refractivity contribution in [2.24, 2.45) is 5.73 Å². The van der Waals surface area contributed by atoms with Crippen molar-refractivity contribution in [3.05, 3.63) is 47.5 Å². The van der Waals surface area contributed by atoms with Gasteiger partial charge in [-0.1, -0.05) is 23.7 Å². The van der Waals surface area contributed by atoms with Gasteiger partial charge < -0.3 is 25.4 Å². The molecular formula is C19H20ClF2N3O4. The SMILES string of the molecule is COc1ccccc1N(CCC(N)=O)C(=O)CNc1ccc(OC(F)F)c(Cl)c1. The molecule has 29 heavy (non-hydrogen) atoms. The first-order valence-electron chi connectivity index (χ1n) is 8.51. The van der Waals surface area contributed by atoms with Gasteiger partial charge in [-0.2, -0.15) is 8.78 Å². The molecule has 2 aromatic rings. The number of hydrogen-bond acceptors (Lipinski definition) is 5. The average molecular weight is 428 g/mol. The summed E-state index contributed by atoms with van der Waals surface area (Å²) in [6.07, 6.45) is -0.0325. The number of nitrogens with zero attached hydrogens (tertiary/aromatic N) is 1. The third kappa shape index (κ3) is 6.49. The van der Waals surface area contributed by atoms with Crippen molar-refractivity contribution < 1.29 is 27.8 Å². The number of para-hydroxylation sites is 2.